The van der Waals surface area contributed by atoms with Crippen molar-refractivity contribution in [1.29, 1.82) is 0 Å². The molecule has 1 aliphatic heterocycles. The Morgan fingerprint density at radius 1 is 0.871 bits per heavy atom. The summed E-state index contributed by atoms with van der Waals surface area (Å²) in [6, 6.07) is 12.5. The number of nitrogens with zero attached hydrogens (tertiary/aromatic N) is 3. The minimum absolute atomic E-state index is 0.0827. The van der Waals surface area contributed by atoms with Crippen molar-refractivity contribution >= 4 is 17.5 Å². The quantitative estimate of drug-likeness (QED) is 0.435. The van der Waals surface area contributed by atoms with Gasteiger partial charge in [0.1, 0.15) is 0 Å². The number of benzene rings is 1. The fourth-order valence-electron chi connectivity index (χ4n) is 4.91. The predicted molar refractivity (Wildman–Crippen MR) is 113 cm³/mol. The molecular formula is C22H28N4O5. The highest BCUT2D eigenvalue weighted by molar-refractivity contribution is 5.87. The lowest BCUT2D eigenvalue weighted by Gasteiger charge is -2.41. The first-order chi connectivity index (χ1) is 15.0. The van der Waals surface area contributed by atoms with Gasteiger partial charge in [-0.15, -0.1) is 0 Å². The Morgan fingerprint density at radius 3 is 2.13 bits per heavy atom. The zero-order valence-electron chi connectivity index (χ0n) is 17.2. The molecule has 1 saturated carbocycles. The number of para-hydroxylation sites is 1. The van der Waals surface area contributed by atoms with Crippen LogP contribution < -0.4 is 10.4 Å². The van der Waals surface area contributed by atoms with E-state index in [2.05, 4.69) is 4.90 Å². The van der Waals surface area contributed by atoms with Gasteiger partial charge in [-0.2, -0.15) is 0 Å². The molecule has 0 spiro atoms. The van der Waals surface area contributed by atoms with E-state index in [1.165, 1.54) is 16.7 Å². The van der Waals surface area contributed by atoms with E-state index in [9.17, 15) is 25.0 Å². The number of hydroxylamine groups is 1. The van der Waals surface area contributed by atoms with Crippen LogP contribution in [0.3, 0.4) is 0 Å². The minimum atomic E-state index is -0.746. The van der Waals surface area contributed by atoms with Gasteiger partial charge in [-0.25, -0.2) is 5.48 Å². The molecule has 2 heterocycles. The molecular weight excluding hydrogens is 400 g/mol. The molecule has 2 aromatic rings. The first-order valence-electron chi connectivity index (χ1n) is 10.6. The lowest BCUT2D eigenvalue weighted by atomic mass is 9.75. The first-order valence-corrected chi connectivity index (χ1v) is 10.6. The number of piperazine rings is 1. The first kappa shape index (κ1) is 21.0. The minimum Gasteiger partial charge on any atom is -0.494 e. The topological polar surface area (TPSA) is 118 Å². The standard InChI is InChI=1S/C22H28N4O5/c27-19-8-9-20(28)26(19)16-6-7-17(18(14-16)21(29)23-31)22(30)25-12-10-24(11-13-25)15-4-2-1-3-5-15/h1-5,8-9,16-18,27-28,31H,6-7,10-14H2,(H,23,29)/t16-,17+,18+/m1/s1. The fraction of sp³-hybridized carbons (Fsp3) is 0.455. The molecule has 166 valence electrons. The number of nitrogens with one attached hydrogen (secondary N) is 1. The molecule has 1 aromatic carbocycles. The van der Waals surface area contributed by atoms with Crippen molar-refractivity contribution in [2.45, 2.75) is 25.3 Å². The highest BCUT2D eigenvalue weighted by Gasteiger charge is 2.42. The maximum Gasteiger partial charge on any atom is 0.247 e. The van der Waals surface area contributed by atoms with E-state index < -0.39 is 17.7 Å². The van der Waals surface area contributed by atoms with Gasteiger partial charge in [0.05, 0.1) is 5.92 Å². The maximum atomic E-state index is 13.3. The third-order valence-corrected chi connectivity index (χ3v) is 6.54. The van der Waals surface area contributed by atoms with Gasteiger partial charge in [0, 0.05) is 56.0 Å². The van der Waals surface area contributed by atoms with Crippen molar-refractivity contribution in [1.82, 2.24) is 14.9 Å². The largest absolute Gasteiger partial charge is 0.494 e. The summed E-state index contributed by atoms with van der Waals surface area (Å²) in [4.78, 5) is 29.7. The molecule has 0 radical (unpaired) electrons. The number of aromatic hydroxyl groups is 2. The van der Waals surface area contributed by atoms with E-state index in [1.807, 2.05) is 30.3 Å². The van der Waals surface area contributed by atoms with Crippen molar-refractivity contribution in [2.75, 3.05) is 31.1 Å². The average molecular weight is 428 g/mol. The van der Waals surface area contributed by atoms with Crippen LogP contribution in [0, 0.1) is 11.8 Å². The second kappa shape index (κ2) is 8.89. The van der Waals surface area contributed by atoms with Gasteiger partial charge < -0.3 is 20.0 Å². The van der Waals surface area contributed by atoms with Crippen molar-refractivity contribution in [3.05, 3.63) is 42.5 Å². The Labute approximate surface area is 180 Å². The van der Waals surface area contributed by atoms with E-state index in [-0.39, 0.29) is 30.1 Å². The van der Waals surface area contributed by atoms with Crippen LogP contribution in [0.5, 0.6) is 11.8 Å². The van der Waals surface area contributed by atoms with Crippen LogP contribution >= 0.6 is 0 Å². The summed E-state index contributed by atoms with van der Waals surface area (Å²) in [6.07, 6.45) is 1.20. The Morgan fingerprint density at radius 2 is 1.52 bits per heavy atom. The van der Waals surface area contributed by atoms with Crippen LogP contribution in [0.1, 0.15) is 25.3 Å². The SMILES string of the molecule is O=C(NO)[C@H]1C[C@H](n2c(O)ccc2O)CC[C@@H]1C(=O)N1CCN(c2ccccc2)CC1. The van der Waals surface area contributed by atoms with E-state index in [4.69, 9.17) is 0 Å². The summed E-state index contributed by atoms with van der Waals surface area (Å²) >= 11 is 0. The van der Waals surface area contributed by atoms with Crippen LogP contribution in [-0.4, -0.2) is 62.9 Å². The number of anilines is 1. The van der Waals surface area contributed by atoms with Crippen LogP contribution in [0.2, 0.25) is 0 Å². The Hall–Kier alpha value is -3.20. The van der Waals surface area contributed by atoms with Crippen molar-refractivity contribution in [3.8, 4) is 11.8 Å². The highest BCUT2D eigenvalue weighted by atomic mass is 16.5. The van der Waals surface area contributed by atoms with E-state index >= 15 is 0 Å². The average Bonchev–Trinajstić information content (AvgIpc) is 3.16. The number of aromatic nitrogens is 1. The summed E-state index contributed by atoms with van der Waals surface area (Å²) in [6.45, 7) is 2.57. The number of carbonyl (C=O) groups is 2. The van der Waals surface area contributed by atoms with Crippen LogP contribution in [0.4, 0.5) is 5.69 Å². The van der Waals surface area contributed by atoms with Gasteiger partial charge in [-0.3, -0.25) is 19.4 Å². The van der Waals surface area contributed by atoms with Crippen molar-refractivity contribution in [2.24, 2.45) is 11.8 Å². The summed E-state index contributed by atoms with van der Waals surface area (Å²) in [5.41, 5.74) is 2.82. The Balaban J connectivity index is 1.44. The van der Waals surface area contributed by atoms with Gasteiger partial charge in [-0.1, -0.05) is 18.2 Å². The molecule has 4 rings (SSSR count). The number of hydrogen-bond donors (Lipinski definition) is 4. The summed E-state index contributed by atoms with van der Waals surface area (Å²) in [5.74, 6) is -2.17. The zero-order chi connectivity index (χ0) is 22.0. The molecule has 3 atom stereocenters. The molecule has 9 nitrogen and oxygen atoms in total. The smallest absolute Gasteiger partial charge is 0.247 e. The molecule has 0 bridgehead atoms. The summed E-state index contributed by atoms with van der Waals surface area (Å²) < 4.78 is 1.37. The number of amides is 2. The molecule has 1 aliphatic carbocycles. The second-order valence-corrected chi connectivity index (χ2v) is 8.22. The number of hydrogen-bond acceptors (Lipinski definition) is 6. The van der Waals surface area contributed by atoms with Crippen LogP contribution in [0.15, 0.2) is 42.5 Å². The van der Waals surface area contributed by atoms with Gasteiger partial charge in [0.25, 0.3) is 0 Å². The fourth-order valence-corrected chi connectivity index (χ4v) is 4.91. The molecule has 9 heteroatoms. The van der Waals surface area contributed by atoms with Gasteiger partial charge in [0.2, 0.25) is 11.8 Å². The maximum absolute atomic E-state index is 13.3. The van der Waals surface area contributed by atoms with Crippen LogP contribution in [0.25, 0.3) is 0 Å². The molecule has 2 fully saturated rings. The van der Waals surface area contributed by atoms with E-state index in [0.717, 1.165) is 5.69 Å². The molecule has 2 amide bonds. The molecule has 31 heavy (non-hydrogen) atoms. The zero-order valence-corrected chi connectivity index (χ0v) is 17.2. The number of carbonyl (C=O) groups excluding carboxylic acids is 2. The molecule has 0 unspecified atom stereocenters. The highest BCUT2D eigenvalue weighted by Crippen LogP contribution is 2.42. The molecule has 1 saturated heterocycles. The van der Waals surface area contributed by atoms with E-state index in [0.29, 0.717) is 39.0 Å². The number of rotatable bonds is 4. The van der Waals surface area contributed by atoms with Crippen molar-refractivity contribution in [3.63, 3.8) is 0 Å². The molecule has 4 N–H and O–H groups in total. The van der Waals surface area contributed by atoms with Crippen LogP contribution in [-0.2, 0) is 9.59 Å². The Bertz CT molecular complexity index is 904. The van der Waals surface area contributed by atoms with Gasteiger partial charge >= 0.3 is 0 Å². The lowest BCUT2D eigenvalue weighted by molar-refractivity contribution is -0.148. The lowest BCUT2D eigenvalue weighted by Crippen LogP contribution is -2.53. The monoisotopic (exact) mass is 428 g/mol. The third kappa shape index (κ3) is 4.18. The Kier molecular flexibility index (Phi) is 6.03. The summed E-state index contributed by atoms with van der Waals surface area (Å²) in [5, 5.41) is 29.3. The normalized spacial score (nSPS) is 24.1. The molecule has 1 aromatic heterocycles. The summed E-state index contributed by atoms with van der Waals surface area (Å²) in [7, 11) is 0. The molecule has 2 aliphatic rings. The van der Waals surface area contributed by atoms with Gasteiger partial charge in [0.15, 0.2) is 11.8 Å². The third-order valence-electron chi connectivity index (χ3n) is 6.54. The van der Waals surface area contributed by atoms with Gasteiger partial charge in [-0.05, 0) is 31.4 Å². The van der Waals surface area contributed by atoms with Crippen molar-refractivity contribution < 1.29 is 25.0 Å². The second-order valence-electron chi connectivity index (χ2n) is 8.22. The predicted octanol–water partition coefficient (Wildman–Crippen LogP) is 1.71. The van der Waals surface area contributed by atoms with E-state index in [1.54, 1.807) is 10.4 Å².